The third-order valence-electron chi connectivity index (χ3n) is 9.48. The third kappa shape index (κ3) is 5.50. The lowest BCUT2D eigenvalue weighted by Crippen LogP contribution is -2.43. The number of hydrogen-bond donors (Lipinski definition) is 2. The van der Waals surface area contributed by atoms with Crippen LogP contribution in [0.2, 0.25) is 0 Å². The summed E-state index contributed by atoms with van der Waals surface area (Å²) in [5, 5.41) is 6.23. The van der Waals surface area contributed by atoms with Crippen molar-refractivity contribution in [3.05, 3.63) is 65.2 Å². The minimum atomic E-state index is -4.41. The number of halogens is 3. The molecule has 7 nitrogen and oxygen atoms in total. The number of piperidine rings is 1. The fourth-order valence-corrected chi connectivity index (χ4v) is 7.06. The highest BCUT2D eigenvalue weighted by Gasteiger charge is 2.60. The van der Waals surface area contributed by atoms with Gasteiger partial charge in [0.1, 0.15) is 11.7 Å². The van der Waals surface area contributed by atoms with Gasteiger partial charge in [-0.15, -0.1) is 0 Å². The summed E-state index contributed by atoms with van der Waals surface area (Å²) >= 11 is 0. The number of amides is 2. The summed E-state index contributed by atoms with van der Waals surface area (Å²) in [5.41, 5.74) is 1.33. The molecule has 2 N–H and O–H groups in total. The average Bonchev–Trinajstić information content (AvgIpc) is 3.66. The van der Waals surface area contributed by atoms with Gasteiger partial charge in [0.2, 0.25) is 5.91 Å². The highest BCUT2D eigenvalue weighted by atomic mass is 19.4. The van der Waals surface area contributed by atoms with Crippen LogP contribution in [-0.4, -0.2) is 55.3 Å². The molecule has 2 aromatic carbocycles. The fraction of sp³-hybridized carbons (Fsp3) is 0.548. The lowest BCUT2D eigenvalue weighted by atomic mass is 9.70. The van der Waals surface area contributed by atoms with E-state index < -0.39 is 17.3 Å². The number of likely N-dealkylation sites (tertiary alicyclic amines) is 1. The Morgan fingerprint density at radius 2 is 1.83 bits per heavy atom. The lowest BCUT2D eigenvalue weighted by Gasteiger charge is -2.43. The van der Waals surface area contributed by atoms with Crippen LogP contribution in [0, 0.1) is 11.8 Å². The summed E-state index contributed by atoms with van der Waals surface area (Å²) in [4.78, 5) is 26.5. The van der Waals surface area contributed by atoms with Crippen LogP contribution < -0.4 is 10.6 Å². The Morgan fingerprint density at radius 1 is 1.07 bits per heavy atom. The topological polar surface area (TPSA) is 79.9 Å². The van der Waals surface area contributed by atoms with Crippen molar-refractivity contribution in [2.75, 3.05) is 32.1 Å². The normalized spacial score (nSPS) is 29.8. The predicted molar refractivity (Wildman–Crippen MR) is 146 cm³/mol. The summed E-state index contributed by atoms with van der Waals surface area (Å²) in [5.74, 6) is -0.131. The average molecular weight is 572 g/mol. The van der Waals surface area contributed by atoms with Crippen molar-refractivity contribution < 1.29 is 32.2 Å². The molecule has 2 saturated heterocycles. The predicted octanol–water partition coefficient (Wildman–Crippen LogP) is 5.88. The Balaban J connectivity index is 1.17. The van der Waals surface area contributed by atoms with Gasteiger partial charge in [0.15, 0.2) is 0 Å². The Labute approximate surface area is 237 Å². The van der Waals surface area contributed by atoms with Crippen molar-refractivity contribution in [2.45, 2.75) is 68.4 Å². The molecule has 0 aromatic heterocycles. The van der Waals surface area contributed by atoms with E-state index in [4.69, 9.17) is 9.47 Å². The van der Waals surface area contributed by atoms with E-state index in [1.807, 2.05) is 18.2 Å². The minimum absolute atomic E-state index is 0.00338. The van der Waals surface area contributed by atoms with Gasteiger partial charge in [-0.2, -0.15) is 13.2 Å². The zero-order valence-electron chi connectivity index (χ0n) is 23.1. The van der Waals surface area contributed by atoms with Gasteiger partial charge in [0.25, 0.3) is 0 Å². The van der Waals surface area contributed by atoms with E-state index in [2.05, 4.69) is 22.8 Å². The Morgan fingerprint density at radius 3 is 2.54 bits per heavy atom. The largest absolute Gasteiger partial charge is 0.443 e. The summed E-state index contributed by atoms with van der Waals surface area (Å²) in [6.07, 6.45) is -1.35. The van der Waals surface area contributed by atoms with Gasteiger partial charge in [-0.3, -0.25) is 4.79 Å². The molecule has 0 radical (unpaired) electrons. The van der Waals surface area contributed by atoms with Gasteiger partial charge in [-0.25, -0.2) is 4.79 Å². The molecule has 3 heterocycles. The second-order valence-electron chi connectivity index (χ2n) is 11.8. The number of rotatable bonds is 3. The highest BCUT2D eigenvalue weighted by Crippen LogP contribution is 2.55. The number of anilines is 1. The highest BCUT2D eigenvalue weighted by molar-refractivity contribution is 5.78. The van der Waals surface area contributed by atoms with E-state index in [-0.39, 0.29) is 41.9 Å². The molecule has 3 fully saturated rings. The molecule has 1 saturated carbocycles. The first-order valence-electron chi connectivity index (χ1n) is 14.5. The quantitative estimate of drug-likeness (QED) is 0.481. The van der Waals surface area contributed by atoms with Crippen LogP contribution in [0.1, 0.15) is 67.2 Å². The van der Waals surface area contributed by atoms with Crippen LogP contribution in [0.4, 0.5) is 23.7 Å². The van der Waals surface area contributed by atoms with E-state index in [1.54, 1.807) is 18.0 Å². The molecule has 3 unspecified atom stereocenters. The van der Waals surface area contributed by atoms with Crippen molar-refractivity contribution in [2.24, 2.45) is 11.8 Å². The molecule has 10 heteroatoms. The molecule has 2 aromatic rings. The molecular weight excluding hydrogens is 535 g/mol. The van der Waals surface area contributed by atoms with E-state index in [0.29, 0.717) is 57.4 Å². The van der Waals surface area contributed by atoms with E-state index in [1.165, 1.54) is 6.07 Å². The van der Waals surface area contributed by atoms with Crippen LogP contribution in [0.15, 0.2) is 48.5 Å². The monoisotopic (exact) mass is 571 g/mol. The lowest BCUT2D eigenvalue weighted by molar-refractivity contribution is -0.137. The molecule has 3 aliphatic heterocycles. The van der Waals surface area contributed by atoms with Crippen molar-refractivity contribution >= 4 is 17.7 Å². The second-order valence-corrected chi connectivity index (χ2v) is 11.8. The van der Waals surface area contributed by atoms with E-state index in [9.17, 15) is 22.8 Å². The summed E-state index contributed by atoms with van der Waals surface area (Å²) < 4.78 is 53.1. The maximum atomic E-state index is 13.6. The molecule has 220 valence electrons. The second kappa shape index (κ2) is 10.9. The van der Waals surface area contributed by atoms with E-state index >= 15 is 0 Å². The minimum Gasteiger partial charge on any atom is -0.443 e. The van der Waals surface area contributed by atoms with Gasteiger partial charge in [-0.1, -0.05) is 30.3 Å². The van der Waals surface area contributed by atoms with Gasteiger partial charge in [-0.05, 0) is 73.3 Å². The fourth-order valence-electron chi connectivity index (χ4n) is 7.06. The zero-order valence-corrected chi connectivity index (χ0v) is 23.1. The van der Waals surface area contributed by atoms with Crippen molar-refractivity contribution in [1.29, 1.82) is 0 Å². The molecule has 6 rings (SSSR count). The summed E-state index contributed by atoms with van der Waals surface area (Å²) in [7, 11) is 1.62. The van der Waals surface area contributed by atoms with E-state index in [0.717, 1.165) is 23.7 Å². The zero-order chi connectivity index (χ0) is 28.8. The maximum Gasteiger partial charge on any atom is 0.416 e. The number of hydrogen-bond acceptors (Lipinski definition) is 5. The Kier molecular flexibility index (Phi) is 7.38. The molecular formula is C31H36F3N3O4. The van der Waals surface area contributed by atoms with Gasteiger partial charge in [0.05, 0.1) is 11.6 Å². The molecule has 5 atom stereocenters. The Bertz CT molecular complexity index is 1280. The SMILES string of the molecule is CNC(=O)C1CCN(C(=O)OC2CC23CCC2[C@H](CCO3)c3cc(C(F)(F)F)ccc3N[C@H]2c2ccccc2)CC1. The van der Waals surface area contributed by atoms with Crippen LogP contribution >= 0.6 is 0 Å². The van der Waals surface area contributed by atoms with Gasteiger partial charge in [0, 0.05) is 44.8 Å². The first-order valence-corrected chi connectivity index (χ1v) is 14.5. The smallest absolute Gasteiger partial charge is 0.416 e. The van der Waals surface area contributed by atoms with Crippen molar-refractivity contribution in [1.82, 2.24) is 10.2 Å². The third-order valence-corrected chi connectivity index (χ3v) is 9.48. The molecule has 4 aliphatic rings. The maximum absolute atomic E-state index is 13.6. The van der Waals surface area contributed by atoms with Crippen LogP contribution in [-0.2, 0) is 20.4 Å². The summed E-state index contributed by atoms with van der Waals surface area (Å²) in [6.45, 7) is 1.33. The number of alkyl halides is 3. The molecule has 2 amide bonds. The molecule has 1 spiro atoms. The Hall–Kier alpha value is -3.27. The first kappa shape index (κ1) is 27.9. The molecule has 1 aliphatic carbocycles. The summed E-state index contributed by atoms with van der Waals surface area (Å²) in [6, 6.07) is 14.0. The number of carbonyl (C=O) groups excluding carboxylic acids is 2. The van der Waals surface area contributed by atoms with Crippen LogP contribution in [0.25, 0.3) is 0 Å². The van der Waals surface area contributed by atoms with Crippen LogP contribution in [0.5, 0.6) is 0 Å². The number of carbonyl (C=O) groups is 2. The van der Waals surface area contributed by atoms with Crippen molar-refractivity contribution in [3.63, 3.8) is 0 Å². The van der Waals surface area contributed by atoms with Crippen LogP contribution in [0.3, 0.4) is 0 Å². The number of benzene rings is 2. The number of nitrogens with zero attached hydrogens (tertiary/aromatic N) is 1. The number of fused-ring (bicyclic) bond motifs is 3. The standard InChI is InChI=1S/C31H36F3N3O4/c1-35-28(38)20-10-14-37(15-11-20)29(39)41-26-18-30(26)13-9-23-22(12-16-40-30)24-17-21(31(32,33)34)7-8-25(24)36-27(23)19-5-3-2-4-6-19/h2-8,17,20,22-23,26-27,36H,9-16,18H2,1H3,(H,35,38)/t22-,23?,26?,27-,30?/m0/s1. The van der Waals surface area contributed by atoms with Crippen molar-refractivity contribution in [3.8, 4) is 0 Å². The molecule has 41 heavy (non-hydrogen) atoms. The number of ether oxygens (including phenoxy) is 2. The molecule has 0 bridgehead atoms. The number of nitrogens with one attached hydrogen (secondary N) is 2. The van der Waals surface area contributed by atoms with Gasteiger partial charge < -0.3 is 25.0 Å². The first-order chi connectivity index (χ1) is 19.7. The van der Waals surface area contributed by atoms with Gasteiger partial charge >= 0.3 is 12.3 Å².